The molecule has 9 heavy (non-hydrogen) atoms. The summed E-state index contributed by atoms with van der Waals surface area (Å²) in [7, 11) is 0. The van der Waals surface area contributed by atoms with E-state index < -0.39 is 0 Å². The van der Waals surface area contributed by atoms with Gasteiger partial charge in [-0.05, 0) is 19.3 Å². The highest BCUT2D eigenvalue weighted by atomic mass is 35.5. The van der Waals surface area contributed by atoms with Crippen LogP contribution in [0.25, 0.3) is 0 Å². The van der Waals surface area contributed by atoms with E-state index in [1.54, 1.807) is 0 Å². The van der Waals surface area contributed by atoms with Gasteiger partial charge in [-0.3, -0.25) is 0 Å². The summed E-state index contributed by atoms with van der Waals surface area (Å²) in [4.78, 5) is 0. The third-order valence-corrected chi connectivity index (χ3v) is 2.57. The van der Waals surface area contributed by atoms with Gasteiger partial charge < -0.3 is 0 Å². The van der Waals surface area contributed by atoms with Gasteiger partial charge >= 0.3 is 0 Å². The van der Waals surface area contributed by atoms with Gasteiger partial charge in [0.2, 0.25) is 0 Å². The highest BCUT2D eigenvalue weighted by Gasteiger charge is 2.20. The highest BCUT2D eigenvalue weighted by molar-refractivity contribution is 6.25. The van der Waals surface area contributed by atoms with Gasteiger partial charge in [-0.2, -0.15) is 0 Å². The average Bonchev–Trinajstić information content (AvgIpc) is 1.80. The van der Waals surface area contributed by atoms with Crippen molar-refractivity contribution < 1.29 is 0 Å². The smallest absolute Gasteiger partial charge is 0.0556 e. The van der Waals surface area contributed by atoms with Crippen molar-refractivity contribution in [1.82, 2.24) is 0 Å². The summed E-state index contributed by atoms with van der Waals surface area (Å²) in [6.45, 7) is 3.84. The Morgan fingerprint density at radius 3 is 2.56 bits per heavy atom. The molecule has 0 aromatic rings. The van der Waals surface area contributed by atoms with Crippen LogP contribution in [0.4, 0.5) is 0 Å². The normalized spacial score (nSPS) is 36.9. The molecule has 2 unspecified atom stereocenters. The molecule has 0 radical (unpaired) electrons. The van der Waals surface area contributed by atoms with Crippen molar-refractivity contribution in [1.29, 1.82) is 0 Å². The quantitative estimate of drug-likeness (QED) is 0.382. The predicted molar refractivity (Wildman–Crippen MR) is 42.3 cm³/mol. The van der Waals surface area contributed by atoms with Crippen LogP contribution in [0, 0.1) is 0 Å². The van der Waals surface area contributed by atoms with Crippen LogP contribution in [0.1, 0.15) is 19.3 Å². The highest BCUT2D eigenvalue weighted by Crippen LogP contribution is 2.29. The van der Waals surface area contributed by atoms with E-state index in [-0.39, 0.29) is 10.8 Å². The average molecular weight is 165 g/mol. The van der Waals surface area contributed by atoms with Crippen molar-refractivity contribution in [2.45, 2.75) is 30.0 Å². The number of rotatable bonds is 0. The second kappa shape index (κ2) is 2.94. The molecule has 1 fully saturated rings. The second-order valence-corrected chi connectivity index (χ2v) is 3.64. The summed E-state index contributed by atoms with van der Waals surface area (Å²) in [6, 6.07) is 0. The Labute approximate surface area is 65.8 Å². The Morgan fingerprint density at radius 1 is 1.44 bits per heavy atom. The van der Waals surface area contributed by atoms with Gasteiger partial charge in [0.1, 0.15) is 0 Å². The lowest BCUT2D eigenvalue weighted by atomic mass is 9.95. The lowest BCUT2D eigenvalue weighted by Crippen LogP contribution is -2.17. The molecule has 0 bridgehead atoms. The van der Waals surface area contributed by atoms with Crippen molar-refractivity contribution in [2.24, 2.45) is 0 Å². The van der Waals surface area contributed by atoms with E-state index in [0.29, 0.717) is 0 Å². The third kappa shape index (κ3) is 1.87. The zero-order chi connectivity index (χ0) is 6.85. The molecule has 0 aromatic heterocycles. The Kier molecular flexibility index (Phi) is 2.42. The third-order valence-electron chi connectivity index (χ3n) is 1.68. The summed E-state index contributed by atoms with van der Waals surface area (Å²) in [6.07, 6.45) is 2.94. The van der Waals surface area contributed by atoms with Gasteiger partial charge in [0.25, 0.3) is 0 Å². The van der Waals surface area contributed by atoms with E-state index in [1.807, 2.05) is 0 Å². The maximum atomic E-state index is 5.88. The van der Waals surface area contributed by atoms with Crippen LogP contribution >= 0.6 is 23.2 Å². The molecule has 0 amide bonds. The van der Waals surface area contributed by atoms with Crippen LogP contribution in [0.15, 0.2) is 12.2 Å². The number of halogens is 2. The number of hydrogen-bond acceptors (Lipinski definition) is 0. The summed E-state index contributed by atoms with van der Waals surface area (Å²) >= 11 is 11.7. The Morgan fingerprint density at radius 2 is 2.11 bits per heavy atom. The fourth-order valence-electron chi connectivity index (χ4n) is 1.01. The molecule has 0 heterocycles. The summed E-state index contributed by atoms with van der Waals surface area (Å²) in [5, 5.41) is 0.402. The first-order valence-electron chi connectivity index (χ1n) is 3.16. The SMILES string of the molecule is C=C1CCC(Cl)CC1Cl. The van der Waals surface area contributed by atoms with Crippen molar-refractivity contribution in [2.75, 3.05) is 0 Å². The molecule has 0 nitrogen and oxygen atoms in total. The largest absolute Gasteiger partial charge is 0.123 e. The zero-order valence-electron chi connectivity index (χ0n) is 5.24. The van der Waals surface area contributed by atoms with Gasteiger partial charge in [0.15, 0.2) is 0 Å². The Hall–Kier alpha value is 0.320. The van der Waals surface area contributed by atoms with E-state index in [1.165, 1.54) is 0 Å². The van der Waals surface area contributed by atoms with Crippen molar-refractivity contribution in [3.8, 4) is 0 Å². The maximum Gasteiger partial charge on any atom is 0.0556 e. The first-order chi connectivity index (χ1) is 4.20. The molecule has 0 spiro atoms. The molecule has 1 aliphatic carbocycles. The van der Waals surface area contributed by atoms with E-state index in [4.69, 9.17) is 23.2 Å². The monoisotopic (exact) mass is 164 g/mol. The molecule has 0 aromatic carbocycles. The van der Waals surface area contributed by atoms with Crippen molar-refractivity contribution in [3.63, 3.8) is 0 Å². The van der Waals surface area contributed by atoms with Gasteiger partial charge in [0.05, 0.1) is 5.38 Å². The molecule has 1 aliphatic rings. The first kappa shape index (κ1) is 7.43. The standard InChI is InChI=1S/C7H10Cl2/c1-5-2-3-6(8)4-7(5)9/h6-7H,1-4H2. The first-order valence-corrected chi connectivity index (χ1v) is 4.03. The predicted octanol–water partition coefficient (Wildman–Crippen LogP) is 2.94. The van der Waals surface area contributed by atoms with Crippen molar-refractivity contribution >= 4 is 23.2 Å². The molecule has 0 saturated heterocycles. The lowest BCUT2D eigenvalue weighted by molar-refractivity contribution is 0.615. The summed E-state index contributed by atoms with van der Waals surface area (Å²) < 4.78 is 0. The minimum Gasteiger partial charge on any atom is -0.123 e. The molecule has 1 rings (SSSR count). The van der Waals surface area contributed by atoms with Crippen LogP contribution in [0.3, 0.4) is 0 Å². The lowest BCUT2D eigenvalue weighted by Gasteiger charge is -2.22. The molecule has 2 heteroatoms. The Bertz CT molecular complexity index is 120. The van der Waals surface area contributed by atoms with Crippen LogP contribution in [-0.4, -0.2) is 10.8 Å². The molecular formula is C7H10Cl2. The minimum absolute atomic E-state index is 0.126. The van der Waals surface area contributed by atoms with Crippen LogP contribution in [-0.2, 0) is 0 Å². The van der Waals surface area contributed by atoms with Gasteiger partial charge in [-0.15, -0.1) is 23.2 Å². The molecule has 1 saturated carbocycles. The molecular weight excluding hydrogens is 155 g/mol. The van der Waals surface area contributed by atoms with E-state index >= 15 is 0 Å². The number of allylic oxidation sites excluding steroid dienone is 1. The van der Waals surface area contributed by atoms with E-state index in [0.717, 1.165) is 24.8 Å². The zero-order valence-corrected chi connectivity index (χ0v) is 6.75. The Balaban J connectivity index is 2.44. The molecule has 0 aliphatic heterocycles. The van der Waals surface area contributed by atoms with Gasteiger partial charge in [0, 0.05) is 5.38 Å². The van der Waals surface area contributed by atoms with E-state index in [9.17, 15) is 0 Å². The topological polar surface area (TPSA) is 0 Å². The maximum absolute atomic E-state index is 5.88. The van der Waals surface area contributed by atoms with Crippen LogP contribution < -0.4 is 0 Å². The molecule has 0 N–H and O–H groups in total. The van der Waals surface area contributed by atoms with Gasteiger partial charge in [-0.25, -0.2) is 0 Å². The van der Waals surface area contributed by atoms with Crippen LogP contribution in [0.5, 0.6) is 0 Å². The van der Waals surface area contributed by atoms with Gasteiger partial charge in [-0.1, -0.05) is 12.2 Å². The van der Waals surface area contributed by atoms with Crippen LogP contribution in [0.2, 0.25) is 0 Å². The number of hydrogen-bond donors (Lipinski definition) is 0. The summed E-state index contributed by atoms with van der Waals surface area (Å²) in [5.74, 6) is 0. The van der Waals surface area contributed by atoms with Crippen molar-refractivity contribution in [3.05, 3.63) is 12.2 Å². The fraction of sp³-hybridized carbons (Fsp3) is 0.714. The molecule has 2 atom stereocenters. The summed E-state index contributed by atoms with van der Waals surface area (Å²) in [5.41, 5.74) is 1.15. The van der Waals surface area contributed by atoms with E-state index in [2.05, 4.69) is 6.58 Å². The second-order valence-electron chi connectivity index (χ2n) is 2.50. The molecule has 52 valence electrons. The number of alkyl halides is 2. The fourth-order valence-corrected chi connectivity index (χ4v) is 1.71. The minimum atomic E-state index is 0.126.